The quantitative estimate of drug-likeness (QED) is 0.685. The maximum absolute atomic E-state index is 12.1. The van der Waals surface area contributed by atoms with E-state index in [1.165, 1.54) is 4.88 Å². The zero-order valence-corrected chi connectivity index (χ0v) is 12.3. The van der Waals surface area contributed by atoms with E-state index in [4.69, 9.17) is 0 Å². The summed E-state index contributed by atoms with van der Waals surface area (Å²) < 4.78 is 36.3. The third kappa shape index (κ3) is 6.97. The molecule has 0 fully saturated rings. The van der Waals surface area contributed by atoms with Crippen molar-refractivity contribution in [3.05, 3.63) is 22.4 Å². The van der Waals surface area contributed by atoms with E-state index in [1.54, 1.807) is 11.3 Å². The normalized spacial score (nSPS) is 15.4. The summed E-state index contributed by atoms with van der Waals surface area (Å²) in [6.45, 7) is 4.09. The van der Waals surface area contributed by atoms with Gasteiger partial charge in [0.25, 0.3) is 0 Å². The highest BCUT2D eigenvalue weighted by molar-refractivity contribution is 7.10. The van der Waals surface area contributed by atoms with Crippen LogP contribution in [-0.2, 0) is 0 Å². The van der Waals surface area contributed by atoms with Gasteiger partial charge in [0, 0.05) is 23.4 Å². The Morgan fingerprint density at radius 2 is 2.05 bits per heavy atom. The van der Waals surface area contributed by atoms with Gasteiger partial charge in [-0.25, -0.2) is 0 Å². The largest absolute Gasteiger partial charge is 0.389 e. The van der Waals surface area contributed by atoms with Crippen LogP contribution in [0.5, 0.6) is 0 Å². The molecule has 1 aromatic rings. The first-order chi connectivity index (χ1) is 8.92. The molecule has 1 heterocycles. The van der Waals surface area contributed by atoms with Crippen LogP contribution in [0.4, 0.5) is 13.2 Å². The molecule has 0 bridgehead atoms. The van der Waals surface area contributed by atoms with E-state index in [2.05, 4.69) is 18.3 Å². The van der Waals surface area contributed by atoms with Gasteiger partial charge in [0.2, 0.25) is 0 Å². The maximum Gasteiger partial charge on any atom is 0.389 e. The Balaban J connectivity index is 2.37. The summed E-state index contributed by atoms with van der Waals surface area (Å²) in [5, 5.41) is 5.49. The first-order valence-corrected chi connectivity index (χ1v) is 7.66. The lowest BCUT2D eigenvalue weighted by Crippen LogP contribution is -2.30. The molecule has 19 heavy (non-hydrogen) atoms. The molecule has 0 amide bonds. The minimum atomic E-state index is -4.03. The van der Waals surface area contributed by atoms with Gasteiger partial charge in [0.05, 0.1) is 0 Å². The van der Waals surface area contributed by atoms with E-state index in [9.17, 15) is 13.2 Å². The maximum atomic E-state index is 12.1. The first kappa shape index (κ1) is 16.5. The van der Waals surface area contributed by atoms with Gasteiger partial charge in [0.15, 0.2) is 0 Å². The van der Waals surface area contributed by atoms with Crippen LogP contribution in [0, 0.1) is 0 Å². The Kier molecular flexibility index (Phi) is 6.86. The highest BCUT2D eigenvalue weighted by atomic mass is 32.1. The van der Waals surface area contributed by atoms with Crippen LogP contribution in [0.1, 0.15) is 56.9 Å². The van der Waals surface area contributed by atoms with E-state index in [0.717, 1.165) is 12.8 Å². The molecule has 5 heteroatoms. The third-order valence-electron chi connectivity index (χ3n) is 3.05. The molecule has 1 rings (SSSR count). The molecular formula is C14H22F3NS. The topological polar surface area (TPSA) is 12.0 Å². The Morgan fingerprint density at radius 3 is 2.58 bits per heavy atom. The van der Waals surface area contributed by atoms with E-state index in [1.807, 2.05) is 18.4 Å². The summed E-state index contributed by atoms with van der Waals surface area (Å²) in [7, 11) is 0. The van der Waals surface area contributed by atoms with Crippen LogP contribution in [0.2, 0.25) is 0 Å². The van der Waals surface area contributed by atoms with Crippen LogP contribution in [0.25, 0.3) is 0 Å². The highest BCUT2D eigenvalue weighted by Crippen LogP contribution is 2.26. The number of nitrogens with one attached hydrogen (secondary N) is 1. The Morgan fingerprint density at radius 1 is 1.32 bits per heavy atom. The molecule has 2 unspecified atom stereocenters. The summed E-state index contributed by atoms with van der Waals surface area (Å²) in [5.41, 5.74) is 0. The van der Waals surface area contributed by atoms with Crippen molar-refractivity contribution < 1.29 is 13.2 Å². The number of hydrogen-bond donors (Lipinski definition) is 1. The Hall–Kier alpha value is -0.550. The summed E-state index contributed by atoms with van der Waals surface area (Å²) in [6.07, 6.45) is -1.88. The second kappa shape index (κ2) is 7.90. The molecule has 0 aromatic carbocycles. The second-order valence-corrected chi connectivity index (χ2v) is 5.91. The lowest BCUT2D eigenvalue weighted by Gasteiger charge is -2.22. The van der Waals surface area contributed by atoms with Gasteiger partial charge >= 0.3 is 6.18 Å². The van der Waals surface area contributed by atoms with Gasteiger partial charge in [-0.1, -0.05) is 19.4 Å². The Bertz CT molecular complexity index is 335. The average Bonchev–Trinajstić information content (AvgIpc) is 2.79. The molecule has 1 aromatic heterocycles. The molecule has 0 aliphatic carbocycles. The summed E-state index contributed by atoms with van der Waals surface area (Å²) in [6, 6.07) is 4.48. The van der Waals surface area contributed by atoms with Crippen molar-refractivity contribution in [2.45, 2.75) is 64.2 Å². The fourth-order valence-corrected chi connectivity index (χ4v) is 2.94. The summed E-state index contributed by atoms with van der Waals surface area (Å²) in [5.74, 6) is 0. The minimum Gasteiger partial charge on any atom is -0.307 e. The molecule has 0 radical (unpaired) electrons. The lowest BCUT2D eigenvalue weighted by atomic mass is 10.1. The van der Waals surface area contributed by atoms with Gasteiger partial charge in [-0.3, -0.25) is 0 Å². The zero-order valence-electron chi connectivity index (χ0n) is 11.5. The molecule has 0 saturated carbocycles. The molecule has 2 atom stereocenters. The number of rotatable bonds is 8. The number of hydrogen-bond acceptors (Lipinski definition) is 2. The fraction of sp³-hybridized carbons (Fsp3) is 0.714. The third-order valence-corrected chi connectivity index (χ3v) is 4.03. The van der Waals surface area contributed by atoms with Crippen molar-refractivity contribution >= 4 is 11.3 Å². The summed E-state index contributed by atoms with van der Waals surface area (Å²) in [4.78, 5) is 1.27. The van der Waals surface area contributed by atoms with E-state index >= 15 is 0 Å². The summed E-state index contributed by atoms with van der Waals surface area (Å²) >= 11 is 1.70. The van der Waals surface area contributed by atoms with Crippen LogP contribution in [0.15, 0.2) is 17.5 Å². The van der Waals surface area contributed by atoms with Gasteiger partial charge in [-0.05, 0) is 37.6 Å². The SMILES string of the molecule is CCCC(NC(C)CCCC(F)(F)F)c1cccs1. The lowest BCUT2D eigenvalue weighted by molar-refractivity contribution is -0.135. The van der Waals surface area contributed by atoms with Crippen molar-refractivity contribution in [1.29, 1.82) is 0 Å². The molecule has 1 nitrogen and oxygen atoms in total. The predicted molar refractivity (Wildman–Crippen MR) is 74.5 cm³/mol. The monoisotopic (exact) mass is 293 g/mol. The standard InChI is InChI=1S/C14H22F3NS/c1-3-6-12(13-8-5-10-19-13)18-11(2)7-4-9-14(15,16)17/h5,8,10-12,18H,3-4,6-7,9H2,1-2H3. The van der Waals surface area contributed by atoms with Crippen LogP contribution in [0.3, 0.4) is 0 Å². The van der Waals surface area contributed by atoms with Crippen molar-refractivity contribution in [3.8, 4) is 0 Å². The molecule has 0 aliphatic rings. The van der Waals surface area contributed by atoms with Gasteiger partial charge < -0.3 is 5.32 Å². The van der Waals surface area contributed by atoms with E-state index in [-0.39, 0.29) is 18.5 Å². The fourth-order valence-electron chi connectivity index (χ4n) is 2.12. The zero-order chi connectivity index (χ0) is 14.3. The smallest absolute Gasteiger partial charge is 0.307 e. The molecule has 0 saturated heterocycles. The average molecular weight is 293 g/mol. The van der Waals surface area contributed by atoms with Gasteiger partial charge in [0.1, 0.15) is 0 Å². The molecule has 1 N–H and O–H groups in total. The second-order valence-electron chi connectivity index (χ2n) is 4.93. The first-order valence-electron chi connectivity index (χ1n) is 6.78. The molecule has 110 valence electrons. The van der Waals surface area contributed by atoms with Crippen molar-refractivity contribution in [2.24, 2.45) is 0 Å². The number of alkyl halides is 3. The molecule has 0 aliphatic heterocycles. The van der Waals surface area contributed by atoms with E-state index in [0.29, 0.717) is 6.42 Å². The van der Waals surface area contributed by atoms with Crippen molar-refractivity contribution in [3.63, 3.8) is 0 Å². The predicted octanol–water partition coefficient (Wildman–Crippen LogP) is 5.30. The van der Waals surface area contributed by atoms with Crippen LogP contribution in [-0.4, -0.2) is 12.2 Å². The van der Waals surface area contributed by atoms with Crippen molar-refractivity contribution in [2.75, 3.05) is 0 Å². The van der Waals surface area contributed by atoms with Crippen molar-refractivity contribution in [1.82, 2.24) is 5.32 Å². The molecular weight excluding hydrogens is 271 g/mol. The van der Waals surface area contributed by atoms with Crippen LogP contribution < -0.4 is 5.32 Å². The van der Waals surface area contributed by atoms with E-state index < -0.39 is 12.6 Å². The van der Waals surface area contributed by atoms with Crippen LogP contribution >= 0.6 is 11.3 Å². The highest BCUT2D eigenvalue weighted by Gasteiger charge is 2.26. The number of halogens is 3. The van der Waals surface area contributed by atoms with Gasteiger partial charge in [-0.2, -0.15) is 13.2 Å². The minimum absolute atomic E-state index is 0.112. The molecule has 0 spiro atoms. The Labute approximate surface area is 117 Å². The van der Waals surface area contributed by atoms with Gasteiger partial charge in [-0.15, -0.1) is 11.3 Å². The number of thiophene rings is 1.